The summed E-state index contributed by atoms with van der Waals surface area (Å²) in [4.78, 5) is 23.9. The summed E-state index contributed by atoms with van der Waals surface area (Å²) in [5.74, 6) is -0.159. The molecule has 0 bridgehead atoms. The Hall–Kier alpha value is -2.52. The number of carboxylic acids is 1. The molecule has 4 unspecified atom stereocenters. The van der Waals surface area contributed by atoms with Crippen LogP contribution in [-0.4, -0.2) is 67.5 Å². The molecule has 4 atom stereocenters. The quantitative estimate of drug-likeness (QED) is 0.266. The fourth-order valence-electron chi connectivity index (χ4n) is 3.96. The van der Waals surface area contributed by atoms with E-state index in [1.807, 2.05) is 18.2 Å². The molecule has 0 saturated carbocycles. The number of carbonyl (C=O) groups is 2. The molecule has 0 saturated heterocycles. The lowest BCUT2D eigenvalue weighted by atomic mass is 9.82. The van der Waals surface area contributed by atoms with E-state index in [1.165, 1.54) is 0 Å². The summed E-state index contributed by atoms with van der Waals surface area (Å²) in [7, 11) is 3.25. The zero-order valence-electron chi connectivity index (χ0n) is 23.7. The fourth-order valence-corrected chi connectivity index (χ4v) is 3.96. The maximum absolute atomic E-state index is 12.6. The number of hydrogen-bond donors (Lipinski definition) is 3. The molecular formula is C28H47NO8. The van der Waals surface area contributed by atoms with E-state index in [4.69, 9.17) is 18.9 Å². The van der Waals surface area contributed by atoms with Crippen LogP contribution in [0.25, 0.3) is 0 Å². The van der Waals surface area contributed by atoms with Gasteiger partial charge in [-0.3, -0.25) is 4.79 Å². The minimum absolute atomic E-state index is 0.0165. The molecule has 3 N–H and O–H groups in total. The maximum atomic E-state index is 12.6. The molecular weight excluding hydrogens is 478 g/mol. The lowest BCUT2D eigenvalue weighted by molar-refractivity contribution is -0.142. The number of alkyl carbamates (subject to hydrolysis) is 1. The van der Waals surface area contributed by atoms with Gasteiger partial charge in [-0.05, 0) is 69.6 Å². The molecule has 0 heterocycles. The van der Waals surface area contributed by atoms with E-state index in [2.05, 4.69) is 19.2 Å². The number of nitrogens with one attached hydrogen (secondary N) is 1. The second kappa shape index (κ2) is 15.7. The highest BCUT2D eigenvalue weighted by Gasteiger charge is 2.31. The lowest BCUT2D eigenvalue weighted by Gasteiger charge is -2.32. The zero-order valence-corrected chi connectivity index (χ0v) is 23.7. The van der Waals surface area contributed by atoms with Crippen LogP contribution in [-0.2, 0) is 20.7 Å². The molecule has 1 aromatic rings. The Bertz CT molecular complexity index is 836. The van der Waals surface area contributed by atoms with Crippen molar-refractivity contribution >= 4 is 12.1 Å². The second-order valence-electron chi connectivity index (χ2n) is 10.9. The van der Waals surface area contributed by atoms with E-state index < -0.39 is 35.7 Å². The van der Waals surface area contributed by atoms with Crippen molar-refractivity contribution in [1.82, 2.24) is 5.32 Å². The molecule has 0 aliphatic heterocycles. The summed E-state index contributed by atoms with van der Waals surface area (Å²) >= 11 is 0. The van der Waals surface area contributed by atoms with Crippen LogP contribution >= 0.6 is 0 Å². The van der Waals surface area contributed by atoms with Gasteiger partial charge in [0.1, 0.15) is 5.60 Å². The first-order valence-corrected chi connectivity index (χ1v) is 13.0. The average molecular weight is 526 g/mol. The number of rotatable bonds is 16. The molecule has 1 aromatic carbocycles. The number of aliphatic hydroxyl groups excluding tert-OH is 1. The predicted molar refractivity (Wildman–Crippen MR) is 142 cm³/mol. The Balaban J connectivity index is 3.10. The fraction of sp³-hybridized carbons (Fsp3) is 0.714. The van der Waals surface area contributed by atoms with Gasteiger partial charge in [0.05, 0.1) is 31.8 Å². The highest BCUT2D eigenvalue weighted by atomic mass is 16.6. The molecule has 0 aliphatic rings. The number of aliphatic hydroxyl groups is 1. The number of ether oxygens (including phenoxy) is 4. The van der Waals surface area contributed by atoms with Crippen molar-refractivity contribution in [3.05, 3.63) is 23.8 Å². The Morgan fingerprint density at radius 1 is 1.03 bits per heavy atom. The third-order valence-electron chi connectivity index (χ3n) is 6.16. The first kappa shape index (κ1) is 32.5. The van der Waals surface area contributed by atoms with Gasteiger partial charge >= 0.3 is 12.1 Å². The molecule has 1 rings (SSSR count). The van der Waals surface area contributed by atoms with Crippen LogP contribution in [0.5, 0.6) is 11.5 Å². The third-order valence-corrected chi connectivity index (χ3v) is 6.16. The minimum atomic E-state index is -1.05. The number of amides is 1. The maximum Gasteiger partial charge on any atom is 0.407 e. The van der Waals surface area contributed by atoms with E-state index in [0.29, 0.717) is 37.6 Å². The standard InChI is InChI=1S/C28H47NO8/c1-18(2)21(15-20-10-11-24(35-8)25(16-20)36-13-9-12-34-7)17-22(23(30)14-19(3)26(31)32)29-27(33)37-28(4,5)6/h10-11,16,18-19,21-23,30H,9,12-15,17H2,1-8H3,(H,29,33)(H,31,32). The molecule has 9 heteroatoms. The lowest BCUT2D eigenvalue weighted by Crippen LogP contribution is -2.47. The van der Waals surface area contributed by atoms with Gasteiger partial charge in [0.25, 0.3) is 0 Å². The number of hydrogen-bond acceptors (Lipinski definition) is 7. The van der Waals surface area contributed by atoms with Crippen LogP contribution in [0, 0.1) is 17.8 Å². The molecule has 212 valence electrons. The van der Waals surface area contributed by atoms with Crippen LogP contribution in [0.2, 0.25) is 0 Å². The summed E-state index contributed by atoms with van der Waals surface area (Å²) in [5.41, 5.74) is 0.333. The highest BCUT2D eigenvalue weighted by molar-refractivity contribution is 5.70. The molecule has 37 heavy (non-hydrogen) atoms. The summed E-state index contributed by atoms with van der Waals surface area (Å²) in [6.45, 7) is 12.1. The van der Waals surface area contributed by atoms with Crippen LogP contribution in [0.1, 0.15) is 66.4 Å². The number of benzene rings is 1. The number of methoxy groups -OCH3 is 2. The average Bonchev–Trinajstić information content (AvgIpc) is 2.79. The number of aliphatic carboxylic acids is 1. The van der Waals surface area contributed by atoms with Crippen molar-refractivity contribution in [3.63, 3.8) is 0 Å². The van der Waals surface area contributed by atoms with Gasteiger partial charge in [0.15, 0.2) is 11.5 Å². The summed E-state index contributed by atoms with van der Waals surface area (Å²) < 4.78 is 21.9. The largest absolute Gasteiger partial charge is 0.493 e. The van der Waals surface area contributed by atoms with Gasteiger partial charge < -0.3 is 34.5 Å². The van der Waals surface area contributed by atoms with Crippen LogP contribution in [0.4, 0.5) is 4.79 Å². The van der Waals surface area contributed by atoms with E-state index in [0.717, 1.165) is 12.0 Å². The highest BCUT2D eigenvalue weighted by Crippen LogP contribution is 2.32. The predicted octanol–water partition coefficient (Wildman–Crippen LogP) is 4.68. The summed E-state index contributed by atoms with van der Waals surface area (Å²) in [6, 6.07) is 5.14. The third kappa shape index (κ3) is 12.5. The van der Waals surface area contributed by atoms with Crippen molar-refractivity contribution in [1.29, 1.82) is 0 Å². The Morgan fingerprint density at radius 3 is 2.24 bits per heavy atom. The van der Waals surface area contributed by atoms with E-state index in [9.17, 15) is 19.8 Å². The van der Waals surface area contributed by atoms with Gasteiger partial charge in [-0.15, -0.1) is 0 Å². The van der Waals surface area contributed by atoms with Crippen molar-refractivity contribution in [2.45, 2.75) is 85.0 Å². The zero-order chi connectivity index (χ0) is 28.2. The Labute approximate surface area is 221 Å². The summed E-state index contributed by atoms with van der Waals surface area (Å²) in [6.07, 6.45) is 0.199. The SMILES string of the molecule is COCCCOc1cc(CC(CC(NC(=O)OC(C)(C)C)C(O)CC(C)C(=O)O)C(C)C)ccc1OC. The van der Waals surface area contributed by atoms with Crippen molar-refractivity contribution in [2.75, 3.05) is 27.4 Å². The first-order valence-electron chi connectivity index (χ1n) is 13.0. The molecule has 0 fully saturated rings. The van der Waals surface area contributed by atoms with Crippen molar-refractivity contribution in [2.24, 2.45) is 17.8 Å². The van der Waals surface area contributed by atoms with Gasteiger partial charge in [-0.25, -0.2) is 4.79 Å². The summed E-state index contributed by atoms with van der Waals surface area (Å²) in [5, 5.41) is 23.1. The van der Waals surface area contributed by atoms with Gasteiger partial charge in [-0.2, -0.15) is 0 Å². The molecule has 1 amide bonds. The van der Waals surface area contributed by atoms with Crippen LogP contribution in [0.3, 0.4) is 0 Å². The number of carbonyl (C=O) groups excluding carboxylic acids is 1. The first-order chi connectivity index (χ1) is 17.3. The van der Waals surface area contributed by atoms with Crippen LogP contribution < -0.4 is 14.8 Å². The molecule has 0 aromatic heterocycles. The topological polar surface area (TPSA) is 124 Å². The van der Waals surface area contributed by atoms with E-state index in [-0.39, 0.29) is 18.3 Å². The van der Waals surface area contributed by atoms with Gasteiger partial charge in [0, 0.05) is 20.1 Å². The molecule has 0 spiro atoms. The van der Waals surface area contributed by atoms with Gasteiger partial charge in [-0.1, -0.05) is 26.8 Å². The molecule has 0 aliphatic carbocycles. The van der Waals surface area contributed by atoms with E-state index in [1.54, 1.807) is 41.9 Å². The smallest absolute Gasteiger partial charge is 0.407 e. The normalized spacial score (nSPS) is 15.0. The molecule has 9 nitrogen and oxygen atoms in total. The van der Waals surface area contributed by atoms with E-state index >= 15 is 0 Å². The Kier molecular flexibility index (Phi) is 13.8. The Morgan fingerprint density at radius 2 is 1.70 bits per heavy atom. The molecule has 0 radical (unpaired) electrons. The van der Waals surface area contributed by atoms with Crippen molar-refractivity contribution in [3.8, 4) is 11.5 Å². The second-order valence-corrected chi connectivity index (χ2v) is 10.9. The van der Waals surface area contributed by atoms with Crippen molar-refractivity contribution < 1.29 is 38.7 Å². The number of carboxylic acid groups (broad SMARTS) is 1. The monoisotopic (exact) mass is 525 g/mol. The van der Waals surface area contributed by atoms with Crippen LogP contribution in [0.15, 0.2) is 18.2 Å². The minimum Gasteiger partial charge on any atom is -0.493 e. The van der Waals surface area contributed by atoms with Gasteiger partial charge in [0.2, 0.25) is 0 Å².